The number of nitrogens with two attached hydrogens (primary N) is 1. The van der Waals surface area contributed by atoms with Crippen molar-refractivity contribution in [2.24, 2.45) is 0 Å². The van der Waals surface area contributed by atoms with Gasteiger partial charge in [-0.2, -0.15) is 9.78 Å². The van der Waals surface area contributed by atoms with Crippen molar-refractivity contribution in [1.82, 2.24) is 15.1 Å². The number of carbonyl (C=O) groups is 1. The number of hydrogen-bond donors (Lipinski definition) is 4. The number of aromatic nitrogens is 2. The lowest BCUT2D eigenvalue weighted by Gasteiger charge is -2.18. The van der Waals surface area contributed by atoms with E-state index in [0.29, 0.717) is 11.1 Å². The molecule has 0 radical (unpaired) electrons. The molecule has 182 valence electrons. The molecule has 3 rings (SSSR count). The second-order valence-electron chi connectivity index (χ2n) is 7.98. The van der Waals surface area contributed by atoms with Crippen LogP contribution in [-0.2, 0) is 10.7 Å². The number of ether oxygens (including phenoxy) is 1. The van der Waals surface area contributed by atoms with Crippen molar-refractivity contribution < 1.29 is 18.3 Å². The van der Waals surface area contributed by atoms with E-state index in [2.05, 4.69) is 10.4 Å². The van der Waals surface area contributed by atoms with E-state index in [9.17, 15) is 18.4 Å². The van der Waals surface area contributed by atoms with Crippen molar-refractivity contribution in [3.05, 3.63) is 87.3 Å². The first-order chi connectivity index (χ1) is 16.3. The van der Waals surface area contributed by atoms with E-state index in [0.717, 1.165) is 11.6 Å². The molecule has 35 heavy (non-hydrogen) atoms. The molecule has 0 saturated carbocycles. The molecule has 11 heteroatoms. The van der Waals surface area contributed by atoms with Crippen LogP contribution in [0.25, 0.3) is 5.69 Å². The Balaban J connectivity index is 1.87. The average Bonchev–Trinajstić information content (AvgIpc) is 2.78. The molecule has 0 aliphatic rings. The number of rotatable bonds is 6. The van der Waals surface area contributed by atoms with Crippen LogP contribution < -0.4 is 16.6 Å². The lowest BCUT2D eigenvalue weighted by Crippen LogP contribution is -2.31. The average molecular weight is 482 g/mol. The topological polar surface area (TPSA) is 147 Å². The zero-order valence-corrected chi connectivity index (χ0v) is 19.2. The van der Waals surface area contributed by atoms with Crippen molar-refractivity contribution in [2.75, 3.05) is 5.73 Å². The quantitative estimate of drug-likeness (QED) is 0.240. The number of alkyl halides is 2. The highest BCUT2D eigenvalue weighted by atomic mass is 19.3. The number of nitrogen functional groups attached to an aromatic ring is 1. The molecule has 0 aliphatic heterocycles. The van der Waals surface area contributed by atoms with Crippen LogP contribution in [0.15, 0.2) is 59.4 Å². The van der Waals surface area contributed by atoms with Crippen LogP contribution in [-0.4, -0.2) is 27.5 Å². The van der Waals surface area contributed by atoms with Gasteiger partial charge in [-0.15, -0.1) is 0 Å². The molecule has 2 aromatic carbocycles. The molecule has 1 amide bonds. The molecule has 5 N–H and O–H groups in total. The molecule has 0 fully saturated rings. The van der Waals surface area contributed by atoms with Gasteiger partial charge in [-0.3, -0.25) is 20.4 Å². The minimum atomic E-state index is -3.10. The minimum absolute atomic E-state index is 0.0894. The van der Waals surface area contributed by atoms with Gasteiger partial charge >= 0.3 is 0 Å². The molecule has 1 atom stereocenters. The first kappa shape index (κ1) is 25.2. The van der Waals surface area contributed by atoms with E-state index in [-0.39, 0.29) is 34.4 Å². The van der Waals surface area contributed by atoms with E-state index < -0.39 is 23.4 Å². The molecule has 0 aliphatic carbocycles. The van der Waals surface area contributed by atoms with Gasteiger partial charge in [0.05, 0.1) is 11.7 Å². The summed E-state index contributed by atoms with van der Waals surface area (Å²) >= 11 is 0. The van der Waals surface area contributed by atoms with Gasteiger partial charge in [0.25, 0.3) is 17.4 Å². The summed E-state index contributed by atoms with van der Waals surface area (Å²) in [6, 6.07) is 11.8. The summed E-state index contributed by atoms with van der Waals surface area (Å²) in [6.07, 6.45) is 0. The lowest BCUT2D eigenvalue weighted by molar-refractivity contribution is 0.0174. The Labute approximate surface area is 199 Å². The molecule has 1 heterocycles. The highest BCUT2D eigenvalue weighted by Gasteiger charge is 2.26. The Morgan fingerprint density at radius 3 is 2.54 bits per heavy atom. The fourth-order valence-electron chi connectivity index (χ4n) is 3.24. The van der Waals surface area contributed by atoms with Crippen LogP contribution in [0.3, 0.4) is 0 Å². The van der Waals surface area contributed by atoms with E-state index in [1.807, 2.05) is 0 Å². The van der Waals surface area contributed by atoms with Crippen molar-refractivity contribution in [2.45, 2.75) is 32.7 Å². The largest absolute Gasteiger partial charge is 0.426 e. The summed E-state index contributed by atoms with van der Waals surface area (Å²) in [7, 11) is 0. The third-order valence-corrected chi connectivity index (χ3v) is 4.97. The smallest absolute Gasteiger partial charge is 0.272 e. The van der Waals surface area contributed by atoms with Crippen molar-refractivity contribution >= 4 is 23.4 Å². The molecule has 9 nitrogen and oxygen atoms in total. The fraction of sp³-hybridized carbons (Fsp3) is 0.208. The van der Waals surface area contributed by atoms with Gasteiger partial charge in [0.15, 0.2) is 5.90 Å². The summed E-state index contributed by atoms with van der Waals surface area (Å²) < 4.78 is 33.5. The molecule has 0 bridgehead atoms. The molecule has 1 aromatic heterocycles. The summed E-state index contributed by atoms with van der Waals surface area (Å²) in [6.45, 7) is 3.75. The van der Waals surface area contributed by atoms with Gasteiger partial charge < -0.3 is 15.8 Å². The summed E-state index contributed by atoms with van der Waals surface area (Å²) in [4.78, 5) is 25.3. The predicted octanol–water partition coefficient (Wildman–Crippen LogP) is 3.76. The maximum absolute atomic E-state index is 13.8. The highest BCUT2D eigenvalue weighted by molar-refractivity contribution is 5.99. The van der Waals surface area contributed by atoms with Crippen LogP contribution in [0.4, 0.5) is 14.5 Å². The van der Waals surface area contributed by atoms with E-state index in [4.69, 9.17) is 21.3 Å². The third kappa shape index (κ3) is 6.14. The maximum Gasteiger partial charge on any atom is 0.272 e. The summed E-state index contributed by atoms with van der Waals surface area (Å²) in [5.41, 5.74) is 5.98. The fourth-order valence-corrected chi connectivity index (χ4v) is 3.24. The third-order valence-electron chi connectivity index (χ3n) is 4.97. The summed E-state index contributed by atoms with van der Waals surface area (Å²) in [5, 5.41) is 22.1. The first-order valence-corrected chi connectivity index (χ1v) is 10.5. The Morgan fingerprint density at radius 1 is 1.17 bits per heavy atom. The Bertz CT molecular complexity index is 1360. The molecule has 0 spiro atoms. The van der Waals surface area contributed by atoms with Crippen molar-refractivity contribution in [3.8, 4) is 5.69 Å². The SMILES string of the molecule is CC(=N)OC(=N)c1cccc(-n2nc(C(=O)N[C@H](C)c3cc(N)cc(C(C)(F)F)c3)ccc2=O)c1. The van der Waals surface area contributed by atoms with Gasteiger partial charge in [-0.1, -0.05) is 6.07 Å². The standard InChI is InChI=1S/C24H24F2N6O3/c1-13(16-9-17(24(3,25)26)12-18(28)10-16)30-23(34)20-7-8-21(33)32(31-20)19-6-4-5-15(11-19)22(29)35-14(2)27/h4-13,27,29H,28H2,1-3H3,(H,30,34)/t13-/m1/s1. The second-order valence-corrected chi connectivity index (χ2v) is 7.98. The van der Waals surface area contributed by atoms with Gasteiger partial charge in [0.1, 0.15) is 5.69 Å². The number of hydrogen-bond acceptors (Lipinski definition) is 7. The summed E-state index contributed by atoms with van der Waals surface area (Å²) in [5.74, 6) is -4.18. The normalized spacial score (nSPS) is 12.0. The first-order valence-electron chi connectivity index (χ1n) is 10.5. The molecular weight excluding hydrogens is 458 g/mol. The molecule has 0 unspecified atom stereocenters. The van der Waals surface area contributed by atoms with Crippen LogP contribution in [0, 0.1) is 10.8 Å². The number of benzene rings is 2. The number of nitrogens with zero attached hydrogens (tertiary/aromatic N) is 2. The number of anilines is 1. The zero-order valence-electron chi connectivity index (χ0n) is 19.2. The lowest BCUT2D eigenvalue weighted by atomic mass is 10.0. The van der Waals surface area contributed by atoms with E-state index in [1.54, 1.807) is 25.1 Å². The Hall–Kier alpha value is -4.41. The molecular formula is C24H24F2N6O3. The van der Waals surface area contributed by atoms with Gasteiger partial charge in [-0.05, 0) is 55.0 Å². The van der Waals surface area contributed by atoms with Gasteiger partial charge in [-0.25, -0.2) is 8.78 Å². The highest BCUT2D eigenvalue weighted by Crippen LogP contribution is 2.31. The maximum atomic E-state index is 13.8. The molecule has 3 aromatic rings. The van der Waals surface area contributed by atoms with Crippen LogP contribution in [0.1, 0.15) is 54.0 Å². The van der Waals surface area contributed by atoms with E-state index in [1.165, 1.54) is 43.3 Å². The number of carbonyl (C=O) groups excluding carboxylic acids is 1. The Morgan fingerprint density at radius 2 is 1.89 bits per heavy atom. The van der Waals surface area contributed by atoms with E-state index >= 15 is 0 Å². The minimum Gasteiger partial charge on any atom is -0.426 e. The second kappa shape index (κ2) is 9.84. The zero-order chi connectivity index (χ0) is 25.9. The number of halogens is 2. The monoisotopic (exact) mass is 482 g/mol. The number of nitrogens with one attached hydrogen (secondary N) is 3. The Kier molecular flexibility index (Phi) is 7.09. The van der Waals surface area contributed by atoms with Gasteiger partial charge in [0.2, 0.25) is 5.90 Å². The van der Waals surface area contributed by atoms with Gasteiger partial charge in [0, 0.05) is 36.7 Å². The number of amides is 1. The van der Waals surface area contributed by atoms with Crippen LogP contribution in [0.2, 0.25) is 0 Å². The van der Waals surface area contributed by atoms with Crippen molar-refractivity contribution in [1.29, 1.82) is 10.8 Å². The predicted molar refractivity (Wildman–Crippen MR) is 127 cm³/mol. The van der Waals surface area contributed by atoms with Crippen LogP contribution >= 0.6 is 0 Å². The van der Waals surface area contributed by atoms with Crippen molar-refractivity contribution in [3.63, 3.8) is 0 Å². The van der Waals surface area contributed by atoms with Crippen LogP contribution in [0.5, 0.6) is 0 Å². The molecule has 0 saturated heterocycles.